The summed E-state index contributed by atoms with van der Waals surface area (Å²) in [7, 11) is 3.79. The third-order valence-corrected chi connectivity index (χ3v) is 25.2. The van der Waals surface area contributed by atoms with Crippen LogP contribution in [0.4, 0.5) is 0 Å². The number of aromatic nitrogens is 4. The number of guanidine groups is 1. The van der Waals surface area contributed by atoms with Crippen molar-refractivity contribution in [3.05, 3.63) is 133 Å². The number of nitrogens with zero attached hydrogens (tertiary/aromatic N) is 6. The van der Waals surface area contributed by atoms with Crippen LogP contribution in [0.2, 0.25) is 0 Å². The zero-order valence-corrected chi connectivity index (χ0v) is 78.1. The number of amides is 17. The van der Waals surface area contributed by atoms with Crippen LogP contribution in [0.5, 0.6) is 5.75 Å². The highest BCUT2D eigenvalue weighted by atomic mass is 32.2. The van der Waals surface area contributed by atoms with Gasteiger partial charge in [-0.3, -0.25) is 91.7 Å². The van der Waals surface area contributed by atoms with E-state index in [4.69, 9.17) is 22.6 Å². The molecule has 17 amide bonds. The number of phenolic OH excluding ortho intramolecular Hbond substituents is 1. The smallest absolute Gasteiger partial charge is 0.303 e. The fourth-order valence-electron chi connectivity index (χ4n) is 16.8. The third kappa shape index (κ3) is 29.7. The molecule has 138 heavy (non-hydrogen) atoms. The molecule has 0 unspecified atom stereocenters. The number of rotatable bonds is 28. The van der Waals surface area contributed by atoms with Gasteiger partial charge in [0.1, 0.15) is 90.3 Å². The average Bonchev–Trinajstić information content (AvgIpc) is 1.61. The van der Waals surface area contributed by atoms with Crippen molar-refractivity contribution in [1.82, 2.24) is 103 Å². The Kier molecular flexibility index (Phi) is 39.9. The lowest BCUT2D eigenvalue weighted by molar-refractivity contribution is -0.149. The van der Waals surface area contributed by atoms with Crippen LogP contribution in [0.15, 0.2) is 110 Å². The van der Waals surface area contributed by atoms with Gasteiger partial charge in [-0.25, -0.2) is 4.98 Å². The summed E-state index contributed by atoms with van der Waals surface area (Å²) in [6.45, 7) is 4.65. The number of thioether (sulfide) groups is 1. The van der Waals surface area contributed by atoms with Crippen molar-refractivity contribution in [2.75, 3.05) is 65.4 Å². The Hall–Kier alpha value is -14.5. The number of imidazole rings is 1. The number of carboxylic acids is 1. The fourth-order valence-corrected chi connectivity index (χ4v) is 17.7. The van der Waals surface area contributed by atoms with Crippen LogP contribution in [0.25, 0.3) is 21.8 Å². The number of aliphatic carboxylic acids is 1. The summed E-state index contributed by atoms with van der Waals surface area (Å²) in [6, 6.07) is -4.05. The van der Waals surface area contributed by atoms with Crippen LogP contribution in [-0.4, -0.2) is 333 Å². The molecule has 3 fully saturated rings. The maximum absolute atomic E-state index is 15.8. The van der Waals surface area contributed by atoms with E-state index in [0.717, 1.165) is 49.4 Å². The standard InChI is InChI=1S/C91H124N24O22S/c1-7-10-23-69-83(130)103-59(22-16-32-97-91(94)95)78(125)110-67(77(124)100-43-74(93)120)46-138-47-75(121)102-63(34-49-26-28-53(117)29-27-49)86(133)111(4)68(9-3)82(129)108-65(39-73(92)119)89(136)114-33-17-25-70(114)84(131)106-62(37-52-42-96-48-101-52)80(127)104-60(30-31-76(122)123)88(135)115-44-54(118)38-72(115)85(132)105-61(35-50-40-98-57-20-14-12-18-55(50)57)79(126)109-66(45-116)81(128)107-64(36-51-41-99-58-21-15-13-19-56(51)58)87(134)113(6)71(24-11-8-2)90(137)112(69)5/h9,12-15,18-21,26-29,40-42,48,54,59-72,98-99,116-118H,3,7-8,10-11,16-17,22-25,30-39,43-47H2,1-2,4-6H3,(H2,92,119)(H2,93,120)(H,96,101)(H,100,124)(H,102,121)(H,103,130)(H,104,127)(H,105,132)(H,106,131)(H,107,128)(H,108,129)(H,109,126)(H,110,125)(H,122,123)(H4,94,95,97)/t54-,59+,60+,61+,62+,63+,64+,65+,66+,67+,68+,69+,70+,71+,72+/m1/s1. The molecule has 3 aliphatic heterocycles. The first-order chi connectivity index (χ1) is 65.8. The number of aromatic hydroxyl groups is 1. The van der Waals surface area contributed by atoms with Gasteiger partial charge in [-0.05, 0) is 85.9 Å². The first-order valence-electron chi connectivity index (χ1n) is 45.5. The number of fused-ring (bicyclic) bond motifs is 4. The lowest BCUT2D eigenvalue weighted by atomic mass is 10.00. The van der Waals surface area contributed by atoms with Crippen LogP contribution in [0.1, 0.15) is 126 Å². The molecule has 15 atom stereocenters. The van der Waals surface area contributed by atoms with Crippen molar-refractivity contribution in [2.24, 2.45) is 17.2 Å². The van der Waals surface area contributed by atoms with Gasteiger partial charge in [0, 0.05) is 131 Å². The molecule has 25 N–H and O–H groups in total. The van der Waals surface area contributed by atoms with E-state index in [1.807, 2.05) is 13.8 Å². The third-order valence-electron chi connectivity index (χ3n) is 24.2. The molecule has 46 nitrogen and oxygen atoms in total. The molecule has 0 spiro atoms. The van der Waals surface area contributed by atoms with Crippen LogP contribution in [-0.2, 0) is 112 Å². The Morgan fingerprint density at radius 1 is 0.558 bits per heavy atom. The number of hydrogen-bond acceptors (Lipinski definition) is 24. The molecule has 0 bridgehead atoms. The summed E-state index contributed by atoms with van der Waals surface area (Å²) in [4.78, 5) is 281. The number of aromatic amines is 3. The Bertz CT molecular complexity index is 5380. The maximum Gasteiger partial charge on any atom is 0.303 e. The normalized spacial score (nSPS) is 24.4. The first-order valence-corrected chi connectivity index (χ1v) is 46.6. The van der Waals surface area contributed by atoms with Gasteiger partial charge in [0.25, 0.3) is 0 Å². The first kappa shape index (κ1) is 107. The highest BCUT2D eigenvalue weighted by Gasteiger charge is 2.47. The van der Waals surface area contributed by atoms with E-state index in [-0.39, 0.29) is 82.3 Å². The summed E-state index contributed by atoms with van der Waals surface area (Å²) in [6.07, 6.45) is 2.15. The number of aliphatic hydroxyl groups excluding tert-OH is 2. The Morgan fingerprint density at radius 3 is 1.70 bits per heavy atom. The second kappa shape index (κ2) is 51.4. The number of H-pyrrole nitrogens is 3. The van der Waals surface area contributed by atoms with Crippen molar-refractivity contribution in [3.8, 4) is 5.75 Å². The van der Waals surface area contributed by atoms with Gasteiger partial charge in [-0.1, -0.05) is 94.1 Å². The number of carbonyl (C=O) groups excluding carboxylic acids is 17. The SMILES string of the molecule is C=C[C@H]1C(=O)N[C@@H](CC(N)=O)C(=O)N2CCC[C@H]2C(=O)N[C@@H](Cc2cnc[nH]2)C(=O)N[C@@H](CCC(=O)O)C(=O)N2C[C@H](O)C[C@H]2C(=O)N[C@@H](Cc2c[nH]c3ccccc23)C(=O)N[C@@H](CO)C(=O)N[C@@H](Cc2c[nH]c3ccccc23)C(=O)N(C)[C@@H](CCCC)C(=O)N(C)[C@@H](CCCC)C(=O)N[C@@H](CCCNC(=N)N)C(=O)N[C@H](C(=O)NCC(N)=O)CSCC(=O)N[C@@H](Cc2ccc(O)cc2)C(=O)N1C. The molecule has 3 saturated heterocycles. The summed E-state index contributed by atoms with van der Waals surface area (Å²) in [5.74, 6) is -20.5. The van der Waals surface area contributed by atoms with Gasteiger partial charge in [-0.15, -0.1) is 18.3 Å². The van der Waals surface area contributed by atoms with E-state index in [2.05, 4.69) is 85.0 Å². The molecule has 0 saturated carbocycles. The summed E-state index contributed by atoms with van der Waals surface area (Å²) in [5.41, 5.74) is 19.5. The highest BCUT2D eigenvalue weighted by Crippen LogP contribution is 2.28. The van der Waals surface area contributed by atoms with E-state index >= 15 is 38.4 Å². The molecular formula is C91H124N24O22S. The van der Waals surface area contributed by atoms with Crippen LogP contribution in [0.3, 0.4) is 0 Å². The number of likely N-dealkylation sites (N-methyl/N-ethyl adjacent to an activating group) is 3. The van der Waals surface area contributed by atoms with Crippen LogP contribution >= 0.6 is 11.8 Å². The molecule has 0 radical (unpaired) electrons. The van der Waals surface area contributed by atoms with Gasteiger partial charge in [0.15, 0.2) is 5.96 Å². The lowest BCUT2D eigenvalue weighted by Gasteiger charge is -2.36. The van der Waals surface area contributed by atoms with Crippen molar-refractivity contribution in [2.45, 2.75) is 220 Å². The number of aliphatic hydroxyl groups is 2. The molecule has 3 aromatic carbocycles. The molecule has 9 rings (SSSR count). The van der Waals surface area contributed by atoms with Gasteiger partial charge >= 0.3 is 5.97 Å². The number of nitrogens with one attached hydrogen (secondary N) is 15. The minimum absolute atomic E-state index is 0.0156. The Balaban J connectivity index is 1.11. The van der Waals surface area contributed by atoms with Gasteiger partial charge < -0.3 is 136 Å². The molecule has 6 heterocycles. The zero-order valence-electron chi connectivity index (χ0n) is 77.3. The van der Waals surface area contributed by atoms with E-state index in [1.54, 1.807) is 60.9 Å². The van der Waals surface area contributed by atoms with E-state index in [9.17, 15) is 68.4 Å². The summed E-state index contributed by atoms with van der Waals surface area (Å²) < 4.78 is 0. The molecule has 746 valence electrons. The second-order valence-corrected chi connectivity index (χ2v) is 35.3. The number of unbranched alkanes of at least 4 members (excludes halogenated alkanes) is 2. The topological polar surface area (TPSA) is 699 Å². The number of hydrogen-bond donors (Lipinski definition) is 22. The van der Waals surface area contributed by atoms with E-state index < -0.39 is 266 Å². The largest absolute Gasteiger partial charge is 0.508 e. The number of para-hydroxylation sites is 2. The predicted molar refractivity (Wildman–Crippen MR) is 502 cm³/mol. The van der Waals surface area contributed by atoms with Crippen LogP contribution in [0, 0.1) is 5.41 Å². The van der Waals surface area contributed by atoms with Gasteiger partial charge in [0.2, 0.25) is 100 Å². The van der Waals surface area contributed by atoms with Crippen molar-refractivity contribution in [1.29, 1.82) is 5.41 Å². The number of phenols is 1. The number of primary amides is 2. The van der Waals surface area contributed by atoms with Crippen molar-refractivity contribution < 1.29 is 107 Å². The fraction of sp³-hybridized carbons (Fsp3) is 0.495. The van der Waals surface area contributed by atoms with E-state index in [0.29, 0.717) is 64.2 Å². The lowest BCUT2D eigenvalue weighted by Crippen LogP contribution is -2.62. The highest BCUT2D eigenvalue weighted by molar-refractivity contribution is 8.00. The predicted octanol–water partition coefficient (Wildman–Crippen LogP) is -3.94. The van der Waals surface area contributed by atoms with Crippen molar-refractivity contribution in [3.63, 3.8) is 0 Å². The molecule has 6 aromatic rings. The Labute approximate surface area is 798 Å². The summed E-state index contributed by atoms with van der Waals surface area (Å²) >= 11 is 0.733. The molecule has 3 aliphatic rings. The van der Waals surface area contributed by atoms with E-state index in [1.165, 1.54) is 50.9 Å². The molecule has 47 heteroatoms. The minimum Gasteiger partial charge on any atom is -0.508 e. The monoisotopic (exact) mass is 1940 g/mol. The minimum atomic E-state index is -1.95. The van der Waals surface area contributed by atoms with Gasteiger partial charge in [0.05, 0.1) is 37.8 Å². The zero-order chi connectivity index (χ0) is 101. The molecule has 3 aromatic heterocycles. The van der Waals surface area contributed by atoms with Crippen molar-refractivity contribution >= 4 is 146 Å². The number of carbonyl (C=O) groups is 18. The number of nitrogens with two attached hydrogens (primary N) is 3. The average molecular weight is 1940 g/mol. The number of carboxylic acid groups (broad SMARTS) is 1. The summed E-state index contributed by atoms with van der Waals surface area (Å²) in [5, 5.41) is 80.4. The second-order valence-electron chi connectivity index (χ2n) is 34.3. The Morgan fingerprint density at radius 2 is 1.10 bits per heavy atom. The molecule has 0 aliphatic carbocycles. The molecular weight excluding hydrogens is 1810 g/mol. The van der Waals surface area contributed by atoms with Crippen LogP contribution < -0.4 is 75.7 Å². The quantitative estimate of drug-likeness (QED) is 0.00965. The number of benzene rings is 3. The van der Waals surface area contributed by atoms with Gasteiger partial charge in [-0.2, -0.15) is 0 Å². The maximum atomic E-state index is 15.8.